The Labute approximate surface area is 193 Å². The first-order valence-corrected chi connectivity index (χ1v) is 10.9. The summed E-state index contributed by atoms with van der Waals surface area (Å²) in [4.78, 5) is 6.92. The second-order valence-electron chi connectivity index (χ2n) is 8.57. The molecule has 2 saturated heterocycles. The minimum atomic E-state index is 0. The van der Waals surface area contributed by atoms with Crippen molar-refractivity contribution in [3.05, 3.63) is 35.4 Å². The van der Waals surface area contributed by atoms with Gasteiger partial charge >= 0.3 is 0 Å². The van der Waals surface area contributed by atoms with Crippen molar-refractivity contribution in [1.29, 1.82) is 0 Å². The summed E-state index contributed by atoms with van der Waals surface area (Å²) < 4.78 is 11.5. The second kappa shape index (κ2) is 12.7. The molecule has 0 spiro atoms. The lowest BCUT2D eigenvalue weighted by Crippen LogP contribution is -2.39. The fourth-order valence-corrected chi connectivity index (χ4v) is 4.28. The molecule has 2 aliphatic heterocycles. The summed E-state index contributed by atoms with van der Waals surface area (Å²) in [6.07, 6.45) is 4.93. The van der Waals surface area contributed by atoms with Crippen molar-refractivity contribution in [3.8, 4) is 0 Å². The lowest BCUT2D eigenvalue weighted by Gasteiger charge is -2.23. The molecule has 1 N–H and O–H groups in total. The molecule has 29 heavy (non-hydrogen) atoms. The standard InChI is InChI=1S/C23H37N3O2.HI/c1-18(2)13-20-7-10-26(16-20)23(24-3)25-15-19-5-4-6-21(14-19)17-28-22-8-11-27-12-9-22;/h4-6,14,18,20,22H,7-13,15-17H2,1-3H3,(H,24,25);1H. The number of hydrogen-bond donors (Lipinski definition) is 1. The first-order chi connectivity index (χ1) is 13.6. The van der Waals surface area contributed by atoms with Crippen LogP contribution in [0.5, 0.6) is 0 Å². The highest BCUT2D eigenvalue weighted by Gasteiger charge is 2.25. The predicted molar refractivity (Wildman–Crippen MR) is 130 cm³/mol. The Kier molecular flexibility index (Phi) is 10.7. The van der Waals surface area contributed by atoms with Gasteiger partial charge in [-0.1, -0.05) is 38.1 Å². The average Bonchev–Trinajstić information content (AvgIpc) is 3.15. The van der Waals surface area contributed by atoms with Gasteiger partial charge in [-0.15, -0.1) is 24.0 Å². The van der Waals surface area contributed by atoms with Crippen LogP contribution in [0.1, 0.15) is 50.7 Å². The highest BCUT2D eigenvalue weighted by molar-refractivity contribution is 14.0. The molecule has 1 unspecified atom stereocenters. The van der Waals surface area contributed by atoms with Crippen LogP contribution in [0, 0.1) is 11.8 Å². The van der Waals surface area contributed by atoms with Crippen LogP contribution in [0.15, 0.2) is 29.3 Å². The average molecular weight is 515 g/mol. The molecule has 1 aromatic rings. The molecule has 0 bridgehead atoms. The number of nitrogens with zero attached hydrogens (tertiary/aromatic N) is 2. The molecular weight excluding hydrogens is 477 g/mol. The number of likely N-dealkylation sites (tertiary alicyclic amines) is 1. The van der Waals surface area contributed by atoms with Crippen LogP contribution >= 0.6 is 24.0 Å². The number of rotatable bonds is 7. The van der Waals surface area contributed by atoms with Gasteiger partial charge in [0.1, 0.15) is 0 Å². The van der Waals surface area contributed by atoms with Crippen LogP contribution in [-0.2, 0) is 22.6 Å². The molecule has 1 atom stereocenters. The lowest BCUT2D eigenvalue weighted by molar-refractivity contribution is -0.0390. The molecule has 0 amide bonds. The normalized spacial score (nSPS) is 20.8. The number of halogens is 1. The van der Waals surface area contributed by atoms with Crippen LogP contribution < -0.4 is 5.32 Å². The molecule has 2 fully saturated rings. The van der Waals surface area contributed by atoms with E-state index in [9.17, 15) is 0 Å². The zero-order chi connectivity index (χ0) is 19.8. The van der Waals surface area contributed by atoms with Gasteiger partial charge in [-0.2, -0.15) is 0 Å². The summed E-state index contributed by atoms with van der Waals surface area (Å²) in [7, 11) is 1.89. The van der Waals surface area contributed by atoms with Crippen LogP contribution in [0.3, 0.4) is 0 Å². The SMILES string of the molecule is CN=C(NCc1cccc(COC2CCOCC2)c1)N1CCC(CC(C)C)C1.I. The topological polar surface area (TPSA) is 46.1 Å². The van der Waals surface area contributed by atoms with Crippen molar-refractivity contribution < 1.29 is 9.47 Å². The largest absolute Gasteiger partial charge is 0.381 e. The Balaban J connectivity index is 0.00000300. The van der Waals surface area contributed by atoms with Crippen molar-refractivity contribution in [2.75, 3.05) is 33.4 Å². The van der Waals surface area contributed by atoms with Crippen LogP contribution in [0.2, 0.25) is 0 Å². The van der Waals surface area contributed by atoms with Crippen molar-refractivity contribution >= 4 is 29.9 Å². The third-order valence-corrected chi connectivity index (χ3v) is 5.70. The van der Waals surface area contributed by atoms with Crippen LogP contribution in [0.25, 0.3) is 0 Å². The van der Waals surface area contributed by atoms with E-state index in [-0.39, 0.29) is 24.0 Å². The number of guanidine groups is 1. The predicted octanol–water partition coefficient (Wildman–Crippen LogP) is 4.44. The van der Waals surface area contributed by atoms with Gasteiger partial charge in [-0.3, -0.25) is 4.99 Å². The molecule has 0 aliphatic carbocycles. The van der Waals surface area contributed by atoms with E-state index >= 15 is 0 Å². The van der Waals surface area contributed by atoms with E-state index in [1.54, 1.807) is 0 Å². The fraction of sp³-hybridized carbons (Fsp3) is 0.696. The van der Waals surface area contributed by atoms with Gasteiger partial charge in [0.2, 0.25) is 0 Å². The molecule has 0 radical (unpaired) electrons. The summed E-state index contributed by atoms with van der Waals surface area (Å²) in [6.45, 7) is 9.97. The van der Waals surface area contributed by atoms with E-state index in [0.29, 0.717) is 12.7 Å². The van der Waals surface area contributed by atoms with Crippen LogP contribution in [0.4, 0.5) is 0 Å². The summed E-state index contributed by atoms with van der Waals surface area (Å²) in [5.41, 5.74) is 2.51. The van der Waals surface area contributed by atoms with Gasteiger partial charge in [0.25, 0.3) is 0 Å². The first-order valence-electron chi connectivity index (χ1n) is 10.9. The van der Waals surface area contributed by atoms with Gasteiger partial charge in [0.15, 0.2) is 5.96 Å². The molecule has 5 nitrogen and oxygen atoms in total. The summed E-state index contributed by atoms with van der Waals surface area (Å²) in [6, 6.07) is 8.68. The number of aliphatic imine (C=N–C) groups is 1. The monoisotopic (exact) mass is 515 g/mol. The highest BCUT2D eigenvalue weighted by Crippen LogP contribution is 2.23. The number of nitrogens with one attached hydrogen (secondary N) is 1. The summed E-state index contributed by atoms with van der Waals surface area (Å²) in [5, 5.41) is 3.55. The Bertz CT molecular complexity index is 632. The third kappa shape index (κ3) is 8.06. The number of hydrogen-bond acceptors (Lipinski definition) is 3. The second-order valence-corrected chi connectivity index (χ2v) is 8.57. The van der Waals surface area contributed by atoms with Gasteiger partial charge < -0.3 is 19.7 Å². The number of benzene rings is 1. The Morgan fingerprint density at radius 1 is 1.24 bits per heavy atom. The van der Waals surface area contributed by atoms with E-state index in [4.69, 9.17) is 9.47 Å². The fourth-order valence-electron chi connectivity index (χ4n) is 4.28. The lowest BCUT2D eigenvalue weighted by atomic mass is 9.97. The summed E-state index contributed by atoms with van der Waals surface area (Å²) in [5.74, 6) is 2.59. The molecule has 3 rings (SSSR count). The van der Waals surface area contributed by atoms with E-state index in [1.807, 2.05) is 7.05 Å². The molecule has 0 saturated carbocycles. The molecule has 0 aromatic heterocycles. The van der Waals surface area contributed by atoms with E-state index in [1.165, 1.54) is 24.0 Å². The summed E-state index contributed by atoms with van der Waals surface area (Å²) >= 11 is 0. The Hall–Kier alpha value is -0.860. The van der Waals surface area contributed by atoms with Crippen molar-refractivity contribution in [3.63, 3.8) is 0 Å². The molecule has 164 valence electrons. The smallest absolute Gasteiger partial charge is 0.193 e. The molecule has 2 aliphatic rings. The maximum Gasteiger partial charge on any atom is 0.193 e. The van der Waals surface area contributed by atoms with Crippen LogP contribution in [-0.4, -0.2) is 50.3 Å². The highest BCUT2D eigenvalue weighted by atomic mass is 127. The minimum Gasteiger partial charge on any atom is -0.381 e. The van der Waals surface area contributed by atoms with Gasteiger partial charge in [-0.25, -0.2) is 0 Å². The minimum absolute atomic E-state index is 0. The Morgan fingerprint density at radius 3 is 2.72 bits per heavy atom. The quantitative estimate of drug-likeness (QED) is 0.331. The number of ether oxygens (including phenoxy) is 2. The van der Waals surface area contributed by atoms with Crippen molar-refractivity contribution in [1.82, 2.24) is 10.2 Å². The zero-order valence-electron chi connectivity index (χ0n) is 18.2. The van der Waals surface area contributed by atoms with Crippen molar-refractivity contribution in [2.45, 2.75) is 58.8 Å². The third-order valence-electron chi connectivity index (χ3n) is 5.70. The van der Waals surface area contributed by atoms with Gasteiger partial charge in [0.05, 0.1) is 12.7 Å². The molecular formula is C23H38IN3O2. The molecule has 1 aromatic carbocycles. The molecule has 2 heterocycles. The maximum absolute atomic E-state index is 6.06. The van der Waals surface area contributed by atoms with Gasteiger partial charge in [0, 0.05) is 39.9 Å². The van der Waals surface area contributed by atoms with Crippen molar-refractivity contribution in [2.24, 2.45) is 16.8 Å². The Morgan fingerprint density at radius 2 is 2.00 bits per heavy atom. The van der Waals surface area contributed by atoms with E-state index in [2.05, 4.69) is 53.3 Å². The first kappa shape index (κ1) is 24.4. The van der Waals surface area contributed by atoms with E-state index in [0.717, 1.165) is 63.5 Å². The van der Waals surface area contributed by atoms with Gasteiger partial charge in [-0.05, 0) is 48.6 Å². The zero-order valence-corrected chi connectivity index (χ0v) is 20.6. The maximum atomic E-state index is 6.06. The van der Waals surface area contributed by atoms with E-state index < -0.39 is 0 Å². The molecule has 6 heteroatoms.